The van der Waals surface area contributed by atoms with E-state index in [9.17, 15) is 4.39 Å². The summed E-state index contributed by atoms with van der Waals surface area (Å²) in [6.07, 6.45) is 3.31. The zero-order valence-corrected chi connectivity index (χ0v) is 11.5. The van der Waals surface area contributed by atoms with Crippen LogP contribution in [0.1, 0.15) is 31.1 Å². The molecule has 1 heterocycles. The molecule has 1 fully saturated rings. The molecule has 2 unspecified atom stereocenters. The lowest BCUT2D eigenvalue weighted by Gasteiger charge is -2.22. The third kappa shape index (κ3) is 2.03. The number of nitrogens with zero attached hydrogens (tertiary/aromatic N) is 2. The molecular formula is C14H16ClFN2O. The number of rotatable bonds is 3. The van der Waals surface area contributed by atoms with Crippen molar-refractivity contribution in [3.8, 4) is 0 Å². The van der Waals surface area contributed by atoms with Crippen LogP contribution in [0.15, 0.2) is 18.2 Å². The van der Waals surface area contributed by atoms with Crippen molar-refractivity contribution in [2.24, 2.45) is 0 Å². The van der Waals surface area contributed by atoms with Crippen LogP contribution in [0.3, 0.4) is 0 Å². The SMILES string of the molecule is COC1CCCC1n1c(CCl)nc2c(F)cccc21. The van der Waals surface area contributed by atoms with Crippen molar-refractivity contribution in [2.45, 2.75) is 37.3 Å². The Labute approximate surface area is 116 Å². The van der Waals surface area contributed by atoms with Gasteiger partial charge in [0.1, 0.15) is 11.3 Å². The molecule has 0 saturated heterocycles. The van der Waals surface area contributed by atoms with Gasteiger partial charge in [-0.25, -0.2) is 9.37 Å². The van der Waals surface area contributed by atoms with Gasteiger partial charge in [-0.15, -0.1) is 11.6 Å². The topological polar surface area (TPSA) is 27.1 Å². The van der Waals surface area contributed by atoms with Crippen molar-refractivity contribution in [3.05, 3.63) is 29.8 Å². The van der Waals surface area contributed by atoms with Gasteiger partial charge >= 0.3 is 0 Å². The average molecular weight is 283 g/mol. The molecule has 0 N–H and O–H groups in total. The zero-order valence-electron chi connectivity index (χ0n) is 10.8. The maximum Gasteiger partial charge on any atom is 0.151 e. The summed E-state index contributed by atoms with van der Waals surface area (Å²) in [6.45, 7) is 0. The van der Waals surface area contributed by atoms with E-state index in [2.05, 4.69) is 9.55 Å². The molecule has 2 aromatic rings. The van der Waals surface area contributed by atoms with Crippen LogP contribution in [0.5, 0.6) is 0 Å². The summed E-state index contributed by atoms with van der Waals surface area (Å²) in [5.74, 6) is 0.700. The first-order chi connectivity index (χ1) is 9.26. The molecule has 2 atom stereocenters. The van der Waals surface area contributed by atoms with Crippen LogP contribution in [0.4, 0.5) is 4.39 Å². The Bertz CT molecular complexity index is 598. The number of hydrogen-bond acceptors (Lipinski definition) is 2. The molecule has 0 aliphatic heterocycles. The van der Waals surface area contributed by atoms with E-state index in [0.29, 0.717) is 5.52 Å². The van der Waals surface area contributed by atoms with Crippen LogP contribution in [0.2, 0.25) is 0 Å². The molecule has 1 aliphatic carbocycles. The van der Waals surface area contributed by atoms with Gasteiger partial charge in [-0.05, 0) is 31.4 Å². The fourth-order valence-electron chi connectivity index (χ4n) is 3.07. The van der Waals surface area contributed by atoms with Gasteiger partial charge in [0.15, 0.2) is 5.82 Å². The number of ether oxygens (including phenoxy) is 1. The van der Waals surface area contributed by atoms with Crippen LogP contribution in [-0.4, -0.2) is 22.8 Å². The third-order valence-corrected chi connectivity index (χ3v) is 4.15. The van der Waals surface area contributed by atoms with E-state index in [-0.39, 0.29) is 23.8 Å². The van der Waals surface area contributed by atoms with Gasteiger partial charge in [0, 0.05) is 7.11 Å². The summed E-state index contributed by atoms with van der Waals surface area (Å²) < 4.78 is 21.4. The second-order valence-corrected chi connectivity index (χ2v) is 5.18. The van der Waals surface area contributed by atoms with Gasteiger partial charge in [0.2, 0.25) is 0 Å². The fraction of sp³-hybridized carbons (Fsp3) is 0.500. The van der Waals surface area contributed by atoms with E-state index < -0.39 is 0 Å². The number of halogens is 2. The number of methoxy groups -OCH3 is 1. The van der Waals surface area contributed by atoms with Crippen molar-refractivity contribution in [3.63, 3.8) is 0 Å². The molecule has 0 radical (unpaired) electrons. The molecule has 1 aromatic carbocycles. The first kappa shape index (κ1) is 12.9. The third-order valence-electron chi connectivity index (χ3n) is 3.92. The maximum atomic E-state index is 13.8. The first-order valence-corrected chi connectivity index (χ1v) is 7.03. The van der Waals surface area contributed by atoms with Crippen molar-refractivity contribution >= 4 is 22.6 Å². The van der Waals surface area contributed by atoms with Gasteiger partial charge < -0.3 is 9.30 Å². The summed E-state index contributed by atoms with van der Waals surface area (Å²) in [4.78, 5) is 4.34. The van der Waals surface area contributed by atoms with Crippen LogP contribution in [0, 0.1) is 5.82 Å². The van der Waals surface area contributed by atoms with Gasteiger partial charge in [0.25, 0.3) is 0 Å². The van der Waals surface area contributed by atoms with Crippen molar-refractivity contribution < 1.29 is 9.13 Å². The summed E-state index contributed by atoms with van der Waals surface area (Å²) >= 11 is 5.98. The fourth-order valence-corrected chi connectivity index (χ4v) is 3.26. The standard InChI is InChI=1S/C14H16ClFN2O/c1-19-12-7-3-5-10(12)18-11-6-2-4-9(16)14(11)17-13(18)8-15/h2,4,6,10,12H,3,5,7-8H2,1H3. The molecule has 1 aliphatic rings. The highest BCUT2D eigenvalue weighted by Gasteiger charge is 2.31. The van der Waals surface area contributed by atoms with E-state index in [4.69, 9.17) is 16.3 Å². The monoisotopic (exact) mass is 282 g/mol. The van der Waals surface area contributed by atoms with Crippen molar-refractivity contribution in [1.29, 1.82) is 0 Å². The minimum Gasteiger partial charge on any atom is -0.379 e. The predicted molar refractivity (Wildman–Crippen MR) is 72.9 cm³/mol. The Balaban J connectivity index is 2.18. The summed E-state index contributed by atoms with van der Waals surface area (Å²) in [5, 5.41) is 0. The number of para-hydroxylation sites is 1. The highest BCUT2D eigenvalue weighted by atomic mass is 35.5. The highest BCUT2D eigenvalue weighted by Crippen LogP contribution is 2.36. The zero-order chi connectivity index (χ0) is 13.4. The molecule has 1 aromatic heterocycles. The molecular weight excluding hydrogens is 267 g/mol. The van der Waals surface area contributed by atoms with Crippen LogP contribution in [-0.2, 0) is 10.6 Å². The second-order valence-electron chi connectivity index (χ2n) is 4.91. The van der Waals surface area contributed by atoms with Gasteiger partial charge in [-0.1, -0.05) is 6.07 Å². The van der Waals surface area contributed by atoms with E-state index in [1.807, 2.05) is 6.07 Å². The maximum absolute atomic E-state index is 13.8. The molecule has 5 heteroatoms. The number of hydrogen-bond donors (Lipinski definition) is 0. The van der Waals surface area contributed by atoms with E-state index in [1.165, 1.54) is 6.07 Å². The molecule has 0 bridgehead atoms. The Hall–Kier alpha value is -1.13. The van der Waals surface area contributed by atoms with E-state index in [0.717, 1.165) is 30.6 Å². The van der Waals surface area contributed by atoms with Gasteiger partial charge in [0.05, 0.1) is 23.5 Å². The lowest BCUT2D eigenvalue weighted by Crippen LogP contribution is -2.22. The summed E-state index contributed by atoms with van der Waals surface area (Å²) in [7, 11) is 1.73. The summed E-state index contributed by atoms with van der Waals surface area (Å²) in [5.41, 5.74) is 1.21. The lowest BCUT2D eigenvalue weighted by molar-refractivity contribution is 0.0755. The number of imidazole rings is 1. The molecule has 3 rings (SSSR count). The molecule has 1 saturated carbocycles. The molecule has 0 spiro atoms. The normalized spacial score (nSPS) is 23.3. The Kier molecular flexibility index (Phi) is 3.46. The van der Waals surface area contributed by atoms with Crippen LogP contribution in [0.25, 0.3) is 11.0 Å². The number of alkyl halides is 1. The number of benzene rings is 1. The Morgan fingerprint density at radius 3 is 3.05 bits per heavy atom. The largest absolute Gasteiger partial charge is 0.379 e. The van der Waals surface area contributed by atoms with Gasteiger partial charge in [-0.3, -0.25) is 0 Å². The average Bonchev–Trinajstić information content (AvgIpc) is 3.01. The van der Waals surface area contributed by atoms with Crippen molar-refractivity contribution in [2.75, 3.05) is 7.11 Å². The summed E-state index contributed by atoms with van der Waals surface area (Å²) in [6, 6.07) is 5.24. The van der Waals surface area contributed by atoms with E-state index in [1.54, 1.807) is 13.2 Å². The molecule has 0 amide bonds. The Morgan fingerprint density at radius 1 is 1.47 bits per heavy atom. The first-order valence-electron chi connectivity index (χ1n) is 6.50. The predicted octanol–water partition coefficient (Wildman–Crippen LogP) is 3.65. The molecule has 19 heavy (non-hydrogen) atoms. The lowest BCUT2D eigenvalue weighted by atomic mass is 10.2. The van der Waals surface area contributed by atoms with Crippen LogP contribution < -0.4 is 0 Å². The smallest absolute Gasteiger partial charge is 0.151 e. The van der Waals surface area contributed by atoms with Crippen LogP contribution >= 0.6 is 11.6 Å². The minimum atomic E-state index is -0.297. The number of fused-ring (bicyclic) bond motifs is 1. The van der Waals surface area contributed by atoms with Crippen molar-refractivity contribution in [1.82, 2.24) is 9.55 Å². The molecule has 3 nitrogen and oxygen atoms in total. The van der Waals surface area contributed by atoms with Gasteiger partial charge in [-0.2, -0.15) is 0 Å². The minimum absolute atomic E-state index is 0.155. The van der Waals surface area contributed by atoms with E-state index >= 15 is 0 Å². The molecule has 102 valence electrons. The number of aromatic nitrogens is 2. The highest BCUT2D eigenvalue weighted by molar-refractivity contribution is 6.16. The Morgan fingerprint density at radius 2 is 2.32 bits per heavy atom. The quantitative estimate of drug-likeness (QED) is 0.804. The second kappa shape index (κ2) is 5.10.